The number of hydrogen-bond donors (Lipinski definition) is 6. The van der Waals surface area contributed by atoms with Crippen LogP contribution in [0, 0.1) is 0 Å². The predicted molar refractivity (Wildman–Crippen MR) is 119 cm³/mol. The quantitative estimate of drug-likeness (QED) is 0.196. The van der Waals surface area contributed by atoms with Gasteiger partial charge in [-0.1, -0.05) is 0 Å². The van der Waals surface area contributed by atoms with Gasteiger partial charge in [0.1, 0.15) is 11.6 Å². The molecule has 2 aromatic heterocycles. The predicted octanol–water partition coefficient (Wildman–Crippen LogP) is 3.52. The zero-order chi connectivity index (χ0) is 22.7. The lowest BCUT2D eigenvalue weighted by atomic mass is 10.0. The van der Waals surface area contributed by atoms with E-state index in [0.29, 0.717) is 22.5 Å². The van der Waals surface area contributed by atoms with Crippen LogP contribution in [-0.4, -0.2) is 26.2 Å². The fraction of sp³-hybridized carbons (Fsp3) is 0. The third-order valence-electron chi connectivity index (χ3n) is 4.38. The summed E-state index contributed by atoms with van der Waals surface area (Å²) < 4.78 is 0. The number of aromatic amines is 2. The van der Waals surface area contributed by atoms with Gasteiger partial charge in [-0.15, -0.1) is 10.2 Å². The minimum Gasteiger partial charge on any atom is -0.382 e. The summed E-state index contributed by atoms with van der Waals surface area (Å²) in [6.07, 6.45) is 0. The maximum atomic E-state index is 12.7. The van der Waals surface area contributed by atoms with Gasteiger partial charge >= 0.3 is 0 Å². The van der Waals surface area contributed by atoms with E-state index in [1.165, 1.54) is 0 Å². The summed E-state index contributed by atoms with van der Waals surface area (Å²) in [6.45, 7) is 0. The van der Waals surface area contributed by atoms with Crippen molar-refractivity contribution < 1.29 is 4.79 Å². The van der Waals surface area contributed by atoms with Gasteiger partial charge < -0.3 is 22.9 Å². The van der Waals surface area contributed by atoms with Crippen LogP contribution in [0.1, 0.15) is 15.9 Å². The normalized spacial score (nSPS) is 11.5. The van der Waals surface area contributed by atoms with Crippen molar-refractivity contribution in [3.05, 3.63) is 59.7 Å². The van der Waals surface area contributed by atoms with Crippen LogP contribution >= 0.6 is 0 Å². The molecule has 0 aliphatic carbocycles. The Bertz CT molecular complexity index is 1170. The van der Waals surface area contributed by atoms with Gasteiger partial charge in [0.15, 0.2) is 28.8 Å². The molecule has 32 heavy (non-hydrogen) atoms. The van der Waals surface area contributed by atoms with Crippen LogP contribution in [0.2, 0.25) is 0 Å². The molecular formula is C19H18N12O. The first-order valence-corrected chi connectivity index (χ1v) is 9.19. The molecule has 0 bridgehead atoms. The van der Waals surface area contributed by atoms with Crippen molar-refractivity contribution in [3.8, 4) is 0 Å². The van der Waals surface area contributed by atoms with Crippen molar-refractivity contribution in [1.29, 1.82) is 0 Å². The highest BCUT2D eigenvalue weighted by molar-refractivity contribution is 6.09. The smallest absolute Gasteiger partial charge is 0.193 e. The molecule has 4 aromatic rings. The first-order chi connectivity index (χ1) is 15.4. The van der Waals surface area contributed by atoms with E-state index in [9.17, 15) is 4.79 Å². The molecule has 2 aromatic carbocycles. The molecule has 0 saturated carbocycles. The second kappa shape index (κ2) is 8.35. The van der Waals surface area contributed by atoms with Crippen LogP contribution in [0.3, 0.4) is 0 Å². The van der Waals surface area contributed by atoms with Gasteiger partial charge in [0.25, 0.3) is 0 Å². The van der Waals surface area contributed by atoms with Gasteiger partial charge in [0, 0.05) is 11.1 Å². The van der Waals surface area contributed by atoms with Gasteiger partial charge in [-0.25, -0.2) is 0 Å². The molecule has 0 amide bonds. The SMILES string of the molecule is Nc1n[nH]c(N)c1N=Nc1ccc(C(=O)c2ccc(N=Nc3c(N)n[nH]c3N)cc2)cc1. The second-order valence-electron chi connectivity index (χ2n) is 6.57. The molecule has 4 rings (SSSR count). The Morgan fingerprint density at radius 1 is 0.625 bits per heavy atom. The van der Waals surface area contributed by atoms with Crippen molar-refractivity contribution in [3.63, 3.8) is 0 Å². The Labute approximate surface area is 180 Å². The molecule has 0 unspecified atom stereocenters. The number of H-pyrrole nitrogens is 2. The standard InChI is InChI=1S/C19H18N12O/c20-16-13(17(21)29-28-16)26-24-11-5-1-9(2-6-11)15(32)10-3-7-12(8-4-10)25-27-14-18(22)30-31-19(14)23/h1-8H,(H5,20,21,28,29)(H5,22,23,30,31). The molecule has 10 N–H and O–H groups in total. The maximum Gasteiger partial charge on any atom is 0.193 e. The number of nitrogens with two attached hydrogens (primary N) is 4. The zero-order valence-corrected chi connectivity index (χ0v) is 16.5. The van der Waals surface area contributed by atoms with E-state index >= 15 is 0 Å². The Kier molecular flexibility index (Phi) is 5.27. The Balaban J connectivity index is 1.45. The van der Waals surface area contributed by atoms with Crippen molar-refractivity contribution in [2.45, 2.75) is 0 Å². The number of ketones is 1. The van der Waals surface area contributed by atoms with E-state index in [4.69, 9.17) is 22.9 Å². The van der Waals surface area contributed by atoms with E-state index in [2.05, 4.69) is 40.9 Å². The van der Waals surface area contributed by atoms with E-state index < -0.39 is 0 Å². The summed E-state index contributed by atoms with van der Waals surface area (Å²) in [6, 6.07) is 13.2. The number of carbonyl (C=O) groups excluding carboxylic acids is 1. The Morgan fingerprint density at radius 2 is 1.00 bits per heavy atom. The third-order valence-corrected chi connectivity index (χ3v) is 4.38. The number of azo groups is 2. The lowest BCUT2D eigenvalue weighted by Gasteiger charge is -2.02. The first-order valence-electron chi connectivity index (χ1n) is 9.19. The molecule has 0 aliphatic rings. The number of carbonyl (C=O) groups is 1. The summed E-state index contributed by atoms with van der Waals surface area (Å²) >= 11 is 0. The average Bonchev–Trinajstić information content (AvgIpc) is 3.30. The maximum absolute atomic E-state index is 12.7. The minimum absolute atomic E-state index is 0.151. The summed E-state index contributed by atoms with van der Waals surface area (Å²) in [4.78, 5) is 12.7. The second-order valence-corrected chi connectivity index (χ2v) is 6.57. The largest absolute Gasteiger partial charge is 0.382 e. The number of nitrogens with one attached hydrogen (secondary N) is 2. The van der Waals surface area contributed by atoms with Gasteiger partial charge in [-0.05, 0) is 48.5 Å². The number of benzene rings is 2. The highest BCUT2D eigenvalue weighted by Gasteiger charge is 2.10. The van der Waals surface area contributed by atoms with Gasteiger partial charge in [-0.3, -0.25) is 15.0 Å². The van der Waals surface area contributed by atoms with Crippen LogP contribution in [0.15, 0.2) is 69.0 Å². The van der Waals surface area contributed by atoms with Crippen LogP contribution < -0.4 is 22.9 Å². The van der Waals surface area contributed by atoms with E-state index in [-0.39, 0.29) is 40.4 Å². The molecule has 160 valence electrons. The summed E-state index contributed by atoms with van der Waals surface area (Å²) in [5.74, 6) is 0.578. The fourth-order valence-electron chi connectivity index (χ4n) is 2.68. The molecule has 2 heterocycles. The lowest BCUT2D eigenvalue weighted by Crippen LogP contribution is -2.00. The number of rotatable bonds is 6. The lowest BCUT2D eigenvalue weighted by molar-refractivity contribution is 0.103. The van der Waals surface area contributed by atoms with Crippen LogP contribution in [0.25, 0.3) is 0 Å². The molecule has 0 atom stereocenters. The van der Waals surface area contributed by atoms with Crippen molar-refractivity contribution in [2.75, 3.05) is 22.9 Å². The summed E-state index contributed by atoms with van der Waals surface area (Å²) in [7, 11) is 0. The Morgan fingerprint density at radius 3 is 1.31 bits per heavy atom. The fourth-order valence-corrected chi connectivity index (χ4v) is 2.68. The molecule has 13 nitrogen and oxygen atoms in total. The molecule has 13 heteroatoms. The monoisotopic (exact) mass is 430 g/mol. The van der Waals surface area contributed by atoms with Crippen LogP contribution in [0.4, 0.5) is 46.0 Å². The van der Waals surface area contributed by atoms with Gasteiger partial charge in [-0.2, -0.15) is 20.4 Å². The number of anilines is 4. The number of hydrogen-bond acceptors (Lipinski definition) is 11. The molecule has 0 spiro atoms. The molecule has 0 aliphatic heterocycles. The van der Waals surface area contributed by atoms with E-state index in [1.807, 2.05) is 0 Å². The first kappa shape index (κ1) is 20.2. The third kappa shape index (κ3) is 4.11. The van der Waals surface area contributed by atoms with Crippen LogP contribution in [-0.2, 0) is 0 Å². The van der Waals surface area contributed by atoms with Gasteiger partial charge in [0.05, 0.1) is 11.4 Å². The molecule has 0 saturated heterocycles. The van der Waals surface area contributed by atoms with Crippen LogP contribution in [0.5, 0.6) is 0 Å². The number of nitrogen functional groups attached to an aromatic ring is 4. The summed E-state index contributed by atoms with van der Waals surface area (Å²) in [5, 5.41) is 28.6. The van der Waals surface area contributed by atoms with Crippen molar-refractivity contribution in [1.82, 2.24) is 20.4 Å². The Hall–Kier alpha value is -5.07. The summed E-state index contributed by atoms with van der Waals surface area (Å²) in [5.41, 5.74) is 25.2. The number of nitrogens with zero attached hydrogens (tertiary/aromatic N) is 6. The minimum atomic E-state index is -0.163. The van der Waals surface area contributed by atoms with Crippen molar-refractivity contribution in [2.24, 2.45) is 20.5 Å². The van der Waals surface area contributed by atoms with Crippen molar-refractivity contribution >= 4 is 51.8 Å². The van der Waals surface area contributed by atoms with E-state index in [0.717, 1.165) is 0 Å². The highest BCUT2D eigenvalue weighted by Crippen LogP contribution is 2.29. The van der Waals surface area contributed by atoms with E-state index in [1.54, 1.807) is 48.5 Å². The van der Waals surface area contributed by atoms with Gasteiger partial charge in [0.2, 0.25) is 0 Å². The topological polar surface area (TPSA) is 228 Å². The molecule has 0 fully saturated rings. The number of aromatic nitrogens is 4. The molecular weight excluding hydrogens is 412 g/mol. The zero-order valence-electron chi connectivity index (χ0n) is 16.5. The highest BCUT2D eigenvalue weighted by atomic mass is 16.1. The average molecular weight is 430 g/mol. The molecule has 0 radical (unpaired) electrons.